The first-order chi connectivity index (χ1) is 9.63. The van der Waals surface area contributed by atoms with Gasteiger partial charge in [0.25, 0.3) is 0 Å². The monoisotopic (exact) mass is 296 g/mol. The molecule has 0 aliphatic heterocycles. The van der Waals surface area contributed by atoms with Crippen LogP contribution in [0.2, 0.25) is 0 Å². The van der Waals surface area contributed by atoms with Crippen molar-refractivity contribution in [3.63, 3.8) is 0 Å². The van der Waals surface area contributed by atoms with E-state index in [1.165, 1.54) is 0 Å². The molecule has 2 aromatic rings. The van der Waals surface area contributed by atoms with Crippen LogP contribution in [0.4, 0.5) is 10.8 Å². The molecule has 0 fully saturated rings. The fourth-order valence-corrected chi connectivity index (χ4v) is 2.37. The maximum Gasteiger partial charge on any atom is 0.344 e. The lowest BCUT2D eigenvalue weighted by atomic mass is 10.3. The highest BCUT2D eigenvalue weighted by Gasteiger charge is 2.20. The van der Waals surface area contributed by atoms with Crippen molar-refractivity contribution in [2.24, 2.45) is 7.05 Å². The molecular formula is C11H16N6O2S. The van der Waals surface area contributed by atoms with Crippen molar-refractivity contribution in [3.05, 3.63) is 17.7 Å². The van der Waals surface area contributed by atoms with E-state index in [4.69, 9.17) is 10.5 Å². The maximum atomic E-state index is 11.8. The highest BCUT2D eigenvalue weighted by molar-refractivity contribution is 7.11. The number of nitrogens with one attached hydrogen (secondary N) is 1. The van der Waals surface area contributed by atoms with Gasteiger partial charge in [-0.25, -0.2) is 4.79 Å². The van der Waals surface area contributed by atoms with E-state index in [0.29, 0.717) is 30.1 Å². The van der Waals surface area contributed by atoms with Crippen molar-refractivity contribution in [2.75, 3.05) is 24.2 Å². The Labute approximate surface area is 120 Å². The molecule has 9 heteroatoms. The first-order valence-corrected chi connectivity index (χ1v) is 6.89. The van der Waals surface area contributed by atoms with Crippen molar-refractivity contribution >= 4 is 28.3 Å². The summed E-state index contributed by atoms with van der Waals surface area (Å²) in [5, 5.41) is 11.5. The van der Waals surface area contributed by atoms with Crippen molar-refractivity contribution in [1.82, 2.24) is 19.1 Å². The average Bonchev–Trinajstić information content (AvgIpc) is 2.97. The molecule has 0 bridgehead atoms. The SMILES string of the molecule is CCOC(=O)c1c(N)nsc1NCCc1nncn1C. The largest absolute Gasteiger partial charge is 0.462 e. The molecule has 3 N–H and O–H groups in total. The summed E-state index contributed by atoms with van der Waals surface area (Å²) in [5.74, 6) is 0.585. The standard InChI is InChI=1S/C11H16N6O2S/c1-3-19-11(18)8-9(12)16-20-10(8)13-5-4-7-15-14-6-17(7)2/h6,13H,3-5H2,1-2H3,(H2,12,16). The van der Waals surface area contributed by atoms with Gasteiger partial charge in [-0.15, -0.1) is 10.2 Å². The summed E-state index contributed by atoms with van der Waals surface area (Å²) < 4.78 is 10.8. The van der Waals surface area contributed by atoms with Gasteiger partial charge in [0, 0.05) is 20.0 Å². The zero-order chi connectivity index (χ0) is 14.5. The number of ether oxygens (including phenoxy) is 1. The summed E-state index contributed by atoms with van der Waals surface area (Å²) in [6, 6.07) is 0. The highest BCUT2D eigenvalue weighted by Crippen LogP contribution is 2.27. The predicted molar refractivity (Wildman–Crippen MR) is 75.7 cm³/mol. The van der Waals surface area contributed by atoms with Crippen LogP contribution in [0.15, 0.2) is 6.33 Å². The number of carbonyl (C=O) groups excluding carboxylic acids is 1. The van der Waals surface area contributed by atoms with Crippen LogP contribution in [0.3, 0.4) is 0 Å². The van der Waals surface area contributed by atoms with Gasteiger partial charge in [-0.2, -0.15) is 4.37 Å². The Kier molecular flexibility index (Phi) is 4.51. The molecule has 2 heterocycles. The molecule has 0 saturated heterocycles. The molecular weight excluding hydrogens is 280 g/mol. The molecule has 0 unspecified atom stereocenters. The second-order valence-corrected chi connectivity index (χ2v) is 4.80. The Morgan fingerprint density at radius 1 is 1.60 bits per heavy atom. The van der Waals surface area contributed by atoms with Gasteiger partial charge >= 0.3 is 5.97 Å². The molecule has 8 nitrogen and oxygen atoms in total. The quantitative estimate of drug-likeness (QED) is 0.755. The maximum absolute atomic E-state index is 11.8. The van der Waals surface area contributed by atoms with Crippen LogP contribution in [-0.4, -0.2) is 38.3 Å². The molecule has 0 saturated carbocycles. The summed E-state index contributed by atoms with van der Waals surface area (Å²) in [6.07, 6.45) is 2.32. The van der Waals surface area contributed by atoms with E-state index in [2.05, 4.69) is 19.9 Å². The smallest absolute Gasteiger partial charge is 0.344 e. The van der Waals surface area contributed by atoms with Gasteiger partial charge in [-0.05, 0) is 18.5 Å². The molecule has 2 aromatic heterocycles. The second kappa shape index (κ2) is 6.33. The Bertz CT molecular complexity index is 594. The molecule has 2 rings (SSSR count). The van der Waals surface area contributed by atoms with Gasteiger partial charge in [0.1, 0.15) is 22.7 Å². The minimum Gasteiger partial charge on any atom is -0.462 e. The minimum absolute atomic E-state index is 0.189. The number of aryl methyl sites for hydroxylation is 1. The van der Waals surface area contributed by atoms with Gasteiger partial charge in [0.05, 0.1) is 6.61 Å². The highest BCUT2D eigenvalue weighted by atomic mass is 32.1. The topological polar surface area (TPSA) is 108 Å². The Morgan fingerprint density at radius 3 is 3.05 bits per heavy atom. The van der Waals surface area contributed by atoms with Crippen molar-refractivity contribution < 1.29 is 9.53 Å². The zero-order valence-corrected chi connectivity index (χ0v) is 12.1. The van der Waals surface area contributed by atoms with Crippen molar-refractivity contribution in [3.8, 4) is 0 Å². The molecule has 20 heavy (non-hydrogen) atoms. The Hall–Kier alpha value is -2.16. The molecule has 0 aliphatic carbocycles. The minimum atomic E-state index is -0.458. The van der Waals surface area contributed by atoms with Crippen molar-refractivity contribution in [2.45, 2.75) is 13.3 Å². The number of hydrogen-bond donors (Lipinski definition) is 2. The fraction of sp³-hybridized carbons (Fsp3) is 0.455. The second-order valence-electron chi connectivity index (χ2n) is 4.03. The summed E-state index contributed by atoms with van der Waals surface area (Å²) in [4.78, 5) is 11.8. The summed E-state index contributed by atoms with van der Waals surface area (Å²) in [7, 11) is 1.88. The number of nitrogens with two attached hydrogens (primary N) is 1. The summed E-state index contributed by atoms with van der Waals surface area (Å²) in [5.41, 5.74) is 6.00. The van der Waals surface area contributed by atoms with E-state index in [9.17, 15) is 4.79 Å². The van der Waals surface area contributed by atoms with Gasteiger partial charge in [0.2, 0.25) is 0 Å². The molecule has 0 aliphatic rings. The number of carbonyl (C=O) groups is 1. The number of aromatic nitrogens is 4. The molecule has 0 spiro atoms. The van der Waals surface area contributed by atoms with E-state index >= 15 is 0 Å². The lowest BCUT2D eigenvalue weighted by Crippen LogP contribution is -2.12. The van der Waals surface area contributed by atoms with Gasteiger partial charge in [-0.1, -0.05) is 0 Å². The molecule has 108 valence electrons. The van der Waals surface area contributed by atoms with Gasteiger partial charge in [-0.3, -0.25) is 0 Å². The van der Waals surface area contributed by atoms with Crippen LogP contribution in [0.5, 0.6) is 0 Å². The molecule has 0 atom stereocenters. The summed E-state index contributed by atoms with van der Waals surface area (Å²) in [6.45, 7) is 2.64. The lowest BCUT2D eigenvalue weighted by Gasteiger charge is -2.06. The van der Waals surface area contributed by atoms with Crippen LogP contribution < -0.4 is 11.1 Å². The van der Waals surface area contributed by atoms with Gasteiger partial charge < -0.3 is 20.4 Å². The van der Waals surface area contributed by atoms with E-state index in [1.807, 2.05) is 11.6 Å². The van der Waals surface area contributed by atoms with Gasteiger partial charge in [0.15, 0.2) is 5.82 Å². The van der Waals surface area contributed by atoms with Crippen LogP contribution >= 0.6 is 11.5 Å². The third-order valence-electron chi connectivity index (χ3n) is 2.64. The number of esters is 1. The first-order valence-electron chi connectivity index (χ1n) is 6.12. The van der Waals surface area contributed by atoms with E-state index < -0.39 is 5.97 Å². The molecule has 0 radical (unpaired) electrons. The number of hydrogen-bond acceptors (Lipinski definition) is 8. The third kappa shape index (κ3) is 3.05. The normalized spacial score (nSPS) is 10.5. The Morgan fingerprint density at radius 2 is 2.40 bits per heavy atom. The van der Waals surface area contributed by atoms with Crippen LogP contribution in [-0.2, 0) is 18.2 Å². The number of rotatable bonds is 6. The van der Waals surface area contributed by atoms with E-state index in [-0.39, 0.29) is 5.82 Å². The number of nitrogens with zero attached hydrogens (tertiary/aromatic N) is 4. The fourth-order valence-electron chi connectivity index (χ4n) is 1.64. The lowest BCUT2D eigenvalue weighted by molar-refractivity contribution is 0.0529. The van der Waals surface area contributed by atoms with Crippen molar-refractivity contribution in [1.29, 1.82) is 0 Å². The predicted octanol–water partition coefficient (Wildman–Crippen LogP) is 0.685. The number of nitrogen functional groups attached to an aromatic ring is 1. The summed E-state index contributed by atoms with van der Waals surface area (Å²) >= 11 is 1.14. The number of anilines is 2. The molecule has 0 aromatic carbocycles. The van der Waals surface area contributed by atoms with Crippen LogP contribution in [0.25, 0.3) is 0 Å². The van der Waals surface area contributed by atoms with Crippen LogP contribution in [0, 0.1) is 0 Å². The van der Waals surface area contributed by atoms with E-state index in [0.717, 1.165) is 17.4 Å². The zero-order valence-electron chi connectivity index (χ0n) is 11.3. The first kappa shape index (κ1) is 14.3. The van der Waals surface area contributed by atoms with Crippen LogP contribution in [0.1, 0.15) is 23.1 Å². The van der Waals surface area contributed by atoms with E-state index in [1.54, 1.807) is 13.3 Å². The molecule has 0 amide bonds. The average molecular weight is 296 g/mol. The third-order valence-corrected chi connectivity index (χ3v) is 3.46. The Balaban J connectivity index is 1.99.